The zero-order valence-corrected chi connectivity index (χ0v) is 15.4. The van der Waals surface area contributed by atoms with Crippen molar-refractivity contribution in [2.45, 2.75) is 13.0 Å². The average Bonchev–Trinajstić information content (AvgIpc) is 2.64. The second-order valence-corrected chi connectivity index (χ2v) is 6.85. The van der Waals surface area contributed by atoms with Gasteiger partial charge in [-0.3, -0.25) is 4.90 Å². The van der Waals surface area contributed by atoms with Gasteiger partial charge < -0.3 is 14.7 Å². The number of hydrogen-bond acceptors (Lipinski definition) is 3. The molecule has 5 nitrogen and oxygen atoms in total. The predicted octanol–water partition coefficient (Wildman–Crippen LogP) is 3.76. The van der Waals surface area contributed by atoms with Gasteiger partial charge in [0.05, 0.1) is 6.61 Å². The third-order valence-corrected chi connectivity index (χ3v) is 4.76. The minimum absolute atomic E-state index is 0.578. The van der Waals surface area contributed by atoms with Crippen LogP contribution in [0, 0.1) is 0 Å². The molecule has 2 aromatic carbocycles. The fourth-order valence-corrected chi connectivity index (χ4v) is 3.19. The van der Waals surface area contributed by atoms with Gasteiger partial charge in [-0.2, -0.15) is 0 Å². The highest BCUT2D eigenvalue weighted by atomic mass is 35.5. The van der Waals surface area contributed by atoms with Crippen LogP contribution in [0.3, 0.4) is 0 Å². The molecule has 0 aliphatic carbocycles. The van der Waals surface area contributed by atoms with Gasteiger partial charge in [0.25, 0.3) is 0 Å². The normalized spacial score (nSPS) is 15.0. The highest BCUT2D eigenvalue weighted by molar-refractivity contribution is 6.30. The lowest BCUT2D eigenvalue weighted by Gasteiger charge is -2.33. The van der Waals surface area contributed by atoms with Gasteiger partial charge in [-0.05, 0) is 29.3 Å². The Balaban J connectivity index is 1.43. The summed E-state index contributed by atoms with van der Waals surface area (Å²) in [7, 11) is 0. The largest absolute Gasteiger partial charge is 0.493 e. The van der Waals surface area contributed by atoms with E-state index in [1.807, 2.05) is 24.3 Å². The first kappa shape index (κ1) is 18.5. The van der Waals surface area contributed by atoms with Crippen LogP contribution in [0.15, 0.2) is 48.5 Å². The van der Waals surface area contributed by atoms with Gasteiger partial charge in [0.2, 0.25) is 0 Å². The number of piperazine rings is 1. The molecule has 1 heterocycles. The molecule has 1 aliphatic rings. The van der Waals surface area contributed by atoms with E-state index in [4.69, 9.17) is 21.4 Å². The molecule has 0 bridgehead atoms. The molecule has 0 aromatic heterocycles. The maximum Gasteiger partial charge on any atom is 0.407 e. The van der Waals surface area contributed by atoms with Crippen molar-refractivity contribution in [1.29, 1.82) is 0 Å². The van der Waals surface area contributed by atoms with E-state index in [1.54, 1.807) is 0 Å². The maximum atomic E-state index is 10.9. The van der Waals surface area contributed by atoms with Gasteiger partial charge in [-0.15, -0.1) is 0 Å². The van der Waals surface area contributed by atoms with Crippen molar-refractivity contribution in [3.8, 4) is 5.75 Å². The summed E-state index contributed by atoms with van der Waals surface area (Å²) in [5, 5.41) is 9.67. The minimum atomic E-state index is -0.825. The number of hydrogen-bond donors (Lipinski definition) is 1. The van der Waals surface area contributed by atoms with Crippen molar-refractivity contribution in [1.82, 2.24) is 9.80 Å². The van der Waals surface area contributed by atoms with Gasteiger partial charge in [-0.25, -0.2) is 4.79 Å². The first-order valence-corrected chi connectivity index (χ1v) is 9.14. The number of amides is 1. The van der Waals surface area contributed by atoms with Gasteiger partial charge in [0, 0.05) is 44.2 Å². The molecule has 0 atom stereocenters. The third kappa shape index (κ3) is 5.38. The minimum Gasteiger partial charge on any atom is -0.493 e. The van der Waals surface area contributed by atoms with Gasteiger partial charge >= 0.3 is 6.09 Å². The number of carbonyl (C=O) groups is 1. The Hall–Kier alpha value is -2.24. The van der Waals surface area contributed by atoms with Crippen LogP contribution in [-0.2, 0) is 13.0 Å². The Bertz CT molecular complexity index is 728. The summed E-state index contributed by atoms with van der Waals surface area (Å²) in [5.74, 6) is 0.787. The molecule has 0 unspecified atom stereocenters. The molecule has 6 heteroatoms. The van der Waals surface area contributed by atoms with Crippen molar-refractivity contribution < 1.29 is 14.6 Å². The topological polar surface area (TPSA) is 53.0 Å². The second-order valence-electron chi connectivity index (χ2n) is 6.42. The summed E-state index contributed by atoms with van der Waals surface area (Å²) in [6.45, 7) is 4.18. The van der Waals surface area contributed by atoms with Crippen molar-refractivity contribution in [2.75, 3.05) is 32.8 Å². The molecule has 1 amide bonds. The first-order chi connectivity index (χ1) is 12.6. The van der Waals surface area contributed by atoms with Crippen molar-refractivity contribution in [3.05, 3.63) is 64.7 Å². The van der Waals surface area contributed by atoms with E-state index in [0.29, 0.717) is 24.7 Å². The Labute approximate surface area is 158 Å². The van der Waals surface area contributed by atoms with Crippen LogP contribution >= 0.6 is 11.6 Å². The Morgan fingerprint density at radius 3 is 2.38 bits per heavy atom. The van der Waals surface area contributed by atoms with Crippen LogP contribution < -0.4 is 4.74 Å². The molecule has 2 aromatic rings. The molecule has 0 saturated carbocycles. The van der Waals surface area contributed by atoms with Crippen LogP contribution in [0.5, 0.6) is 5.75 Å². The molecular weight excluding hydrogens is 352 g/mol. The number of nitrogens with zero attached hydrogens (tertiary/aromatic N) is 2. The number of benzene rings is 2. The standard InChI is InChI=1S/C20H23ClN2O3/c21-18-2-1-3-19(14-18)26-13-8-16-4-6-17(7-5-16)15-22-9-11-23(12-10-22)20(24)25/h1-7,14H,8-13,15H2,(H,24,25). The highest BCUT2D eigenvalue weighted by Gasteiger charge is 2.20. The average molecular weight is 375 g/mol. The molecular formula is C20H23ClN2O3. The molecule has 1 fully saturated rings. The summed E-state index contributed by atoms with van der Waals surface area (Å²) in [6, 6.07) is 16.0. The van der Waals surface area contributed by atoms with E-state index in [0.717, 1.165) is 31.8 Å². The molecule has 1 N–H and O–H groups in total. The van der Waals surface area contributed by atoms with Crippen molar-refractivity contribution in [3.63, 3.8) is 0 Å². The van der Waals surface area contributed by atoms with E-state index >= 15 is 0 Å². The summed E-state index contributed by atoms with van der Waals surface area (Å²) in [6.07, 6.45) is 0.0124. The van der Waals surface area contributed by atoms with Crippen molar-refractivity contribution >= 4 is 17.7 Å². The fourth-order valence-electron chi connectivity index (χ4n) is 3.01. The zero-order valence-electron chi connectivity index (χ0n) is 14.6. The van der Waals surface area contributed by atoms with E-state index in [2.05, 4.69) is 29.2 Å². The van der Waals surface area contributed by atoms with Crippen LogP contribution in [-0.4, -0.2) is 53.8 Å². The van der Waals surface area contributed by atoms with Gasteiger partial charge in [0.1, 0.15) is 5.75 Å². The molecule has 1 aliphatic heterocycles. The van der Waals surface area contributed by atoms with Crippen molar-refractivity contribution in [2.24, 2.45) is 0 Å². The van der Waals surface area contributed by atoms with E-state index in [-0.39, 0.29) is 0 Å². The Morgan fingerprint density at radius 2 is 1.73 bits per heavy atom. The summed E-state index contributed by atoms with van der Waals surface area (Å²) < 4.78 is 5.73. The lowest BCUT2D eigenvalue weighted by Crippen LogP contribution is -2.47. The van der Waals surface area contributed by atoms with Gasteiger partial charge in [0.15, 0.2) is 0 Å². The number of carboxylic acid groups (broad SMARTS) is 1. The Morgan fingerprint density at radius 1 is 1.04 bits per heavy atom. The fraction of sp³-hybridized carbons (Fsp3) is 0.350. The number of ether oxygens (including phenoxy) is 1. The third-order valence-electron chi connectivity index (χ3n) is 4.53. The van der Waals surface area contributed by atoms with E-state index in [9.17, 15) is 4.79 Å². The molecule has 3 rings (SSSR count). The lowest BCUT2D eigenvalue weighted by molar-refractivity contribution is 0.103. The van der Waals surface area contributed by atoms with Crippen LogP contribution in [0.2, 0.25) is 5.02 Å². The highest BCUT2D eigenvalue weighted by Crippen LogP contribution is 2.17. The summed E-state index contributed by atoms with van der Waals surface area (Å²) >= 11 is 5.95. The van der Waals surface area contributed by atoms with Gasteiger partial charge in [-0.1, -0.05) is 41.9 Å². The van der Waals surface area contributed by atoms with Crippen LogP contribution in [0.25, 0.3) is 0 Å². The van der Waals surface area contributed by atoms with Crippen LogP contribution in [0.4, 0.5) is 4.79 Å². The quantitative estimate of drug-likeness (QED) is 0.836. The lowest BCUT2D eigenvalue weighted by atomic mass is 10.1. The zero-order chi connectivity index (χ0) is 18.4. The predicted molar refractivity (Wildman–Crippen MR) is 102 cm³/mol. The number of halogens is 1. The molecule has 138 valence electrons. The smallest absolute Gasteiger partial charge is 0.407 e. The Kier molecular flexibility index (Phi) is 6.36. The van der Waals surface area contributed by atoms with E-state index < -0.39 is 6.09 Å². The summed E-state index contributed by atoms with van der Waals surface area (Å²) in [5.41, 5.74) is 2.47. The SMILES string of the molecule is O=C(O)N1CCN(Cc2ccc(CCOc3cccc(Cl)c3)cc2)CC1. The molecule has 1 saturated heterocycles. The molecule has 0 spiro atoms. The monoisotopic (exact) mass is 374 g/mol. The van der Waals surface area contributed by atoms with Crippen LogP contribution in [0.1, 0.15) is 11.1 Å². The number of rotatable bonds is 6. The molecule has 26 heavy (non-hydrogen) atoms. The van der Waals surface area contributed by atoms with E-state index in [1.165, 1.54) is 16.0 Å². The second kappa shape index (κ2) is 8.92. The first-order valence-electron chi connectivity index (χ1n) is 8.76. The maximum absolute atomic E-state index is 10.9. The molecule has 0 radical (unpaired) electrons. The summed E-state index contributed by atoms with van der Waals surface area (Å²) in [4.78, 5) is 14.7.